The molecular weight excluding hydrogens is 324 g/mol. The molecule has 0 aromatic heterocycles. The van der Waals surface area contributed by atoms with E-state index in [1.807, 2.05) is 51.1 Å². The molecule has 0 fully saturated rings. The molecule has 0 radical (unpaired) electrons. The van der Waals surface area contributed by atoms with Gasteiger partial charge in [0.2, 0.25) is 0 Å². The number of ether oxygens (including phenoxy) is 1. The molecule has 5 nitrogen and oxygen atoms in total. The van der Waals surface area contributed by atoms with E-state index in [-0.39, 0.29) is 5.97 Å². The molecule has 0 amide bonds. The number of hydrogen-bond donors (Lipinski definition) is 0. The predicted octanol–water partition coefficient (Wildman–Crippen LogP) is 4.05. The highest BCUT2D eigenvalue weighted by Gasteiger charge is 2.53. The molecule has 0 heterocycles. The molecule has 0 saturated heterocycles. The van der Waals surface area contributed by atoms with Gasteiger partial charge in [-0.05, 0) is 24.8 Å². The molecule has 0 spiro atoms. The second-order valence-electron chi connectivity index (χ2n) is 5.55. The van der Waals surface area contributed by atoms with Crippen LogP contribution in [0.3, 0.4) is 0 Å². The Morgan fingerprint density at radius 2 is 1.38 bits per heavy atom. The minimum Gasteiger partial charge on any atom is -0.453 e. The van der Waals surface area contributed by atoms with E-state index >= 15 is 0 Å². The van der Waals surface area contributed by atoms with E-state index in [0.717, 1.165) is 24.8 Å². The third kappa shape index (κ3) is 6.35. The van der Waals surface area contributed by atoms with Crippen molar-refractivity contribution in [3.05, 3.63) is 35.9 Å². The SMILES string of the molecule is CCCO[Si](OCCC)(OCCC)C(OC(C)=O)c1ccccc1. The molecule has 0 N–H and O–H groups in total. The molecule has 0 saturated carbocycles. The van der Waals surface area contributed by atoms with E-state index in [9.17, 15) is 4.79 Å². The monoisotopic (exact) mass is 354 g/mol. The standard InChI is InChI=1S/C18H30O5Si/c1-5-13-20-24(21-14-6-2,22-15-7-3)18(23-16(4)19)17-11-9-8-10-12-17/h8-12,18H,5-7,13-15H2,1-4H3. The summed E-state index contributed by atoms with van der Waals surface area (Å²) in [6.45, 7) is 9.00. The number of benzene rings is 1. The third-order valence-corrected chi connectivity index (χ3v) is 6.14. The lowest BCUT2D eigenvalue weighted by molar-refractivity contribution is -0.147. The molecular formula is C18H30O5Si. The topological polar surface area (TPSA) is 54.0 Å². The summed E-state index contributed by atoms with van der Waals surface area (Å²) in [6, 6.07) is 9.56. The molecule has 0 aliphatic carbocycles. The quantitative estimate of drug-likeness (QED) is 0.419. The van der Waals surface area contributed by atoms with Gasteiger partial charge in [0.15, 0.2) is 5.73 Å². The van der Waals surface area contributed by atoms with Crippen LogP contribution in [0.4, 0.5) is 0 Å². The first-order valence-electron chi connectivity index (χ1n) is 8.73. The molecule has 24 heavy (non-hydrogen) atoms. The summed E-state index contributed by atoms with van der Waals surface area (Å²) in [5.41, 5.74) is 0.184. The van der Waals surface area contributed by atoms with E-state index in [0.29, 0.717) is 19.8 Å². The Morgan fingerprint density at radius 3 is 1.75 bits per heavy atom. The highest BCUT2D eigenvalue weighted by atomic mass is 28.4. The summed E-state index contributed by atoms with van der Waals surface area (Å²) in [4.78, 5) is 11.7. The minimum atomic E-state index is -3.23. The molecule has 0 aliphatic heterocycles. The molecule has 6 heteroatoms. The van der Waals surface area contributed by atoms with Crippen LogP contribution in [0.15, 0.2) is 30.3 Å². The number of hydrogen-bond acceptors (Lipinski definition) is 5. The molecule has 0 bridgehead atoms. The number of carbonyl (C=O) groups is 1. The Bertz CT molecular complexity index is 444. The van der Waals surface area contributed by atoms with Crippen molar-refractivity contribution in [2.45, 2.75) is 52.7 Å². The Labute approximate surface area is 146 Å². The van der Waals surface area contributed by atoms with Crippen LogP contribution in [0, 0.1) is 0 Å². The summed E-state index contributed by atoms with van der Waals surface area (Å²) in [5, 5.41) is 0. The van der Waals surface area contributed by atoms with E-state index in [1.165, 1.54) is 6.92 Å². The third-order valence-electron chi connectivity index (χ3n) is 3.23. The van der Waals surface area contributed by atoms with Crippen LogP contribution in [-0.2, 0) is 22.8 Å². The molecule has 136 valence electrons. The van der Waals surface area contributed by atoms with Crippen molar-refractivity contribution in [1.82, 2.24) is 0 Å². The van der Waals surface area contributed by atoms with Crippen LogP contribution < -0.4 is 0 Å². The first-order chi connectivity index (χ1) is 11.6. The predicted molar refractivity (Wildman–Crippen MR) is 95.4 cm³/mol. The second kappa shape index (κ2) is 11.4. The van der Waals surface area contributed by atoms with Crippen molar-refractivity contribution in [3.8, 4) is 0 Å². The van der Waals surface area contributed by atoms with Gasteiger partial charge in [-0.3, -0.25) is 4.79 Å². The maximum absolute atomic E-state index is 11.7. The zero-order valence-corrected chi connectivity index (χ0v) is 16.2. The van der Waals surface area contributed by atoms with E-state index in [2.05, 4.69) is 0 Å². The van der Waals surface area contributed by atoms with Gasteiger partial charge >= 0.3 is 14.8 Å². The summed E-state index contributed by atoms with van der Waals surface area (Å²) >= 11 is 0. The molecule has 0 aliphatic rings. The van der Waals surface area contributed by atoms with Crippen molar-refractivity contribution in [2.75, 3.05) is 19.8 Å². The van der Waals surface area contributed by atoms with Crippen LogP contribution in [0.2, 0.25) is 0 Å². The number of carbonyl (C=O) groups excluding carboxylic acids is 1. The van der Waals surface area contributed by atoms with Crippen molar-refractivity contribution >= 4 is 14.8 Å². The second-order valence-corrected chi connectivity index (χ2v) is 8.15. The lowest BCUT2D eigenvalue weighted by Gasteiger charge is -2.35. The average Bonchev–Trinajstić information content (AvgIpc) is 2.60. The Kier molecular flexibility index (Phi) is 9.86. The van der Waals surface area contributed by atoms with E-state index in [1.54, 1.807) is 0 Å². The van der Waals surface area contributed by atoms with E-state index < -0.39 is 14.5 Å². The fourth-order valence-electron chi connectivity index (χ4n) is 2.22. The van der Waals surface area contributed by atoms with Crippen LogP contribution in [-0.4, -0.2) is 34.6 Å². The van der Waals surface area contributed by atoms with Crippen molar-refractivity contribution in [2.24, 2.45) is 0 Å². The molecule has 1 rings (SSSR count). The Balaban J connectivity index is 3.25. The maximum Gasteiger partial charge on any atom is 0.549 e. The highest BCUT2D eigenvalue weighted by molar-refractivity contribution is 6.62. The fraction of sp³-hybridized carbons (Fsp3) is 0.611. The zero-order valence-electron chi connectivity index (χ0n) is 15.2. The van der Waals surface area contributed by atoms with Crippen LogP contribution in [0.25, 0.3) is 0 Å². The zero-order chi connectivity index (χ0) is 17.8. The minimum absolute atomic E-state index is 0.374. The van der Waals surface area contributed by atoms with Crippen molar-refractivity contribution < 1.29 is 22.8 Å². The normalized spacial score (nSPS) is 12.8. The van der Waals surface area contributed by atoms with Gasteiger partial charge in [-0.1, -0.05) is 51.1 Å². The number of rotatable bonds is 12. The average molecular weight is 355 g/mol. The lowest BCUT2D eigenvalue weighted by Crippen LogP contribution is -2.53. The summed E-state index contributed by atoms with van der Waals surface area (Å²) in [5.74, 6) is -0.374. The molecule has 1 unspecified atom stereocenters. The van der Waals surface area contributed by atoms with Crippen molar-refractivity contribution in [3.63, 3.8) is 0 Å². The first-order valence-corrected chi connectivity index (χ1v) is 10.5. The summed E-state index contributed by atoms with van der Waals surface area (Å²) in [6.07, 6.45) is 2.50. The molecule has 1 aromatic carbocycles. The van der Waals surface area contributed by atoms with Crippen LogP contribution in [0.5, 0.6) is 0 Å². The summed E-state index contributed by atoms with van der Waals surface area (Å²) < 4.78 is 24.0. The Hall–Kier alpha value is -1.21. The highest BCUT2D eigenvalue weighted by Crippen LogP contribution is 2.32. The van der Waals surface area contributed by atoms with Gasteiger partial charge in [-0.25, -0.2) is 0 Å². The largest absolute Gasteiger partial charge is 0.549 e. The molecule has 1 aromatic rings. The van der Waals surface area contributed by atoms with Crippen LogP contribution >= 0.6 is 0 Å². The van der Waals surface area contributed by atoms with Gasteiger partial charge in [-0.15, -0.1) is 0 Å². The van der Waals surface area contributed by atoms with Gasteiger partial charge in [-0.2, -0.15) is 0 Å². The van der Waals surface area contributed by atoms with E-state index in [4.69, 9.17) is 18.0 Å². The van der Waals surface area contributed by atoms with Gasteiger partial charge in [0, 0.05) is 26.7 Å². The molecule has 1 atom stereocenters. The summed E-state index contributed by atoms with van der Waals surface area (Å²) in [7, 11) is -3.23. The van der Waals surface area contributed by atoms with Crippen LogP contribution in [0.1, 0.15) is 58.2 Å². The van der Waals surface area contributed by atoms with Crippen molar-refractivity contribution in [1.29, 1.82) is 0 Å². The van der Waals surface area contributed by atoms with Gasteiger partial charge in [0.05, 0.1) is 0 Å². The van der Waals surface area contributed by atoms with Gasteiger partial charge in [0.25, 0.3) is 0 Å². The van der Waals surface area contributed by atoms with Gasteiger partial charge in [0.1, 0.15) is 0 Å². The Morgan fingerprint density at radius 1 is 0.917 bits per heavy atom. The smallest absolute Gasteiger partial charge is 0.453 e. The maximum atomic E-state index is 11.7. The first kappa shape index (κ1) is 20.8. The van der Waals surface area contributed by atoms with Gasteiger partial charge < -0.3 is 18.0 Å². The number of esters is 1. The fourth-order valence-corrected chi connectivity index (χ4v) is 5.30. The lowest BCUT2D eigenvalue weighted by atomic mass is 10.2.